The van der Waals surface area contributed by atoms with E-state index in [-0.39, 0.29) is 23.2 Å². The van der Waals surface area contributed by atoms with Crippen LogP contribution in [-0.4, -0.2) is 11.0 Å². The molecule has 0 spiro atoms. The Morgan fingerprint density at radius 3 is 2.75 bits per heavy atom. The molecule has 3 rings (SSSR count). The van der Waals surface area contributed by atoms with Gasteiger partial charge in [-0.15, -0.1) is 0 Å². The molecule has 122 valence electrons. The molecule has 6 nitrogen and oxygen atoms in total. The average molecular weight is 324 g/mol. The summed E-state index contributed by atoms with van der Waals surface area (Å²) in [5.74, 6) is -1.62. The zero-order valence-electron chi connectivity index (χ0n) is 13.3. The molecule has 0 amide bonds. The maximum atomic E-state index is 12.2. The first-order valence-corrected chi connectivity index (χ1v) is 7.47. The Labute approximate surface area is 138 Å². The van der Waals surface area contributed by atoms with Crippen molar-refractivity contribution in [3.63, 3.8) is 0 Å². The van der Waals surface area contributed by atoms with Crippen molar-refractivity contribution in [1.82, 2.24) is 0 Å². The van der Waals surface area contributed by atoms with Gasteiger partial charge in [0.15, 0.2) is 5.76 Å². The predicted molar refractivity (Wildman–Crippen MR) is 86.1 cm³/mol. The summed E-state index contributed by atoms with van der Waals surface area (Å²) in [6, 6.07) is 9.00. The summed E-state index contributed by atoms with van der Waals surface area (Å²) in [6.07, 6.45) is 0. The second-order valence-electron chi connectivity index (χ2n) is 5.84. The number of ether oxygens (including phenoxy) is 1. The topological polar surface area (TPSA) is 107 Å². The number of aryl methyl sites for hydroxylation is 2. The van der Waals surface area contributed by atoms with E-state index in [0.717, 1.165) is 22.8 Å². The molecule has 0 radical (unpaired) electrons. The Bertz CT molecular complexity index is 924. The third-order valence-electron chi connectivity index (χ3n) is 4.16. The highest BCUT2D eigenvalue weighted by atomic mass is 16.5. The van der Waals surface area contributed by atoms with E-state index in [1.807, 2.05) is 32.0 Å². The predicted octanol–water partition coefficient (Wildman–Crippen LogP) is 2.39. The van der Waals surface area contributed by atoms with Crippen molar-refractivity contribution in [2.75, 3.05) is 0 Å². The van der Waals surface area contributed by atoms with E-state index in [2.05, 4.69) is 6.07 Å². The van der Waals surface area contributed by atoms with Crippen LogP contribution in [0.1, 0.15) is 34.1 Å². The van der Waals surface area contributed by atoms with Gasteiger partial charge in [-0.05, 0) is 25.0 Å². The molecule has 2 heterocycles. The van der Waals surface area contributed by atoms with Gasteiger partial charge < -0.3 is 14.3 Å². The van der Waals surface area contributed by atoms with Crippen LogP contribution >= 0.6 is 0 Å². The van der Waals surface area contributed by atoms with Gasteiger partial charge >= 0.3 is 0 Å². The smallest absolute Gasteiger partial charge is 0.228 e. The lowest BCUT2D eigenvalue weighted by Crippen LogP contribution is -2.34. The van der Waals surface area contributed by atoms with E-state index in [1.165, 1.54) is 0 Å². The van der Waals surface area contributed by atoms with Crippen molar-refractivity contribution in [2.45, 2.75) is 26.4 Å². The molecule has 24 heavy (non-hydrogen) atoms. The maximum absolute atomic E-state index is 12.2. The van der Waals surface area contributed by atoms with E-state index in [4.69, 9.17) is 14.6 Å². The van der Waals surface area contributed by atoms with Crippen LogP contribution in [0.25, 0.3) is 0 Å². The largest absolute Gasteiger partial charge is 0.459 e. The molecule has 0 aliphatic carbocycles. The number of aliphatic hydroxyl groups excluding tert-OH is 1. The first kappa shape index (κ1) is 16.0. The van der Waals surface area contributed by atoms with Crippen molar-refractivity contribution in [1.29, 1.82) is 10.7 Å². The van der Waals surface area contributed by atoms with Crippen LogP contribution in [-0.2, 0) is 6.61 Å². The fraction of sp³-hybridized carbons (Fsp3) is 0.278. The van der Waals surface area contributed by atoms with Crippen LogP contribution in [0.15, 0.2) is 33.5 Å². The highest BCUT2D eigenvalue weighted by Crippen LogP contribution is 2.42. The summed E-state index contributed by atoms with van der Waals surface area (Å²) < 4.78 is 10.9. The number of fused-ring (bicyclic) bond motifs is 1. The average Bonchev–Trinajstić information content (AvgIpc) is 2.56. The molecule has 1 aromatic carbocycles. The second kappa shape index (κ2) is 5.95. The first-order chi connectivity index (χ1) is 11.5. The van der Waals surface area contributed by atoms with Crippen molar-refractivity contribution in [3.05, 3.63) is 62.7 Å². The van der Waals surface area contributed by atoms with Crippen LogP contribution in [0.3, 0.4) is 0 Å². The van der Waals surface area contributed by atoms with E-state index in [0.29, 0.717) is 0 Å². The lowest BCUT2D eigenvalue weighted by molar-refractivity contribution is 0.230. The molecular formula is C18H16N2O4. The number of rotatable bonds is 2. The zero-order chi connectivity index (χ0) is 17.4. The lowest BCUT2D eigenvalue weighted by atomic mass is 9.80. The molecule has 2 unspecified atom stereocenters. The number of nitriles is 1. The van der Waals surface area contributed by atoms with E-state index in [1.54, 1.807) is 0 Å². The molecular weight excluding hydrogens is 308 g/mol. The van der Waals surface area contributed by atoms with Crippen molar-refractivity contribution in [2.24, 2.45) is 5.92 Å². The van der Waals surface area contributed by atoms with Gasteiger partial charge in [0.1, 0.15) is 18.3 Å². The molecule has 2 N–H and O–H groups in total. The molecule has 1 aliphatic heterocycles. The minimum absolute atomic E-state index is 0.0883. The highest BCUT2D eigenvalue weighted by Gasteiger charge is 2.41. The van der Waals surface area contributed by atoms with Crippen LogP contribution in [0, 0.1) is 36.5 Å². The SMILES string of the molecule is Cc1ccc(C)c(C2c3oc(CO)cc(=O)c3OC(=N)C2C#N)c1. The fourth-order valence-electron chi connectivity index (χ4n) is 2.96. The van der Waals surface area contributed by atoms with Crippen LogP contribution in [0.5, 0.6) is 5.75 Å². The van der Waals surface area contributed by atoms with E-state index in [9.17, 15) is 15.2 Å². The third kappa shape index (κ3) is 2.49. The summed E-state index contributed by atoms with van der Waals surface area (Å²) in [7, 11) is 0. The summed E-state index contributed by atoms with van der Waals surface area (Å²) in [6.45, 7) is 3.39. The van der Waals surface area contributed by atoms with Gasteiger partial charge in [0.2, 0.25) is 17.1 Å². The van der Waals surface area contributed by atoms with Crippen LogP contribution < -0.4 is 10.2 Å². The van der Waals surface area contributed by atoms with E-state index >= 15 is 0 Å². The van der Waals surface area contributed by atoms with Gasteiger partial charge in [-0.3, -0.25) is 10.2 Å². The molecule has 0 saturated heterocycles. The monoisotopic (exact) mass is 324 g/mol. The fourth-order valence-corrected chi connectivity index (χ4v) is 2.96. The Hall–Kier alpha value is -2.91. The number of nitrogens with zero attached hydrogens (tertiary/aromatic N) is 1. The summed E-state index contributed by atoms with van der Waals surface area (Å²) in [5, 5.41) is 26.8. The minimum atomic E-state index is -0.907. The molecule has 1 aromatic heterocycles. The van der Waals surface area contributed by atoms with Crippen molar-refractivity contribution < 1.29 is 14.3 Å². The summed E-state index contributed by atoms with van der Waals surface area (Å²) in [5.41, 5.74) is 2.24. The molecule has 6 heteroatoms. The van der Waals surface area contributed by atoms with Gasteiger partial charge in [-0.2, -0.15) is 5.26 Å². The highest BCUT2D eigenvalue weighted by molar-refractivity contribution is 5.84. The molecule has 2 aromatic rings. The number of benzene rings is 1. The standard InChI is InChI=1S/C18H16N2O4/c1-9-3-4-10(2)12(5-9)15-13(7-19)18(20)24-16-14(22)6-11(8-21)23-17(15)16/h3-6,13,15,20-21H,8H2,1-2H3. The van der Waals surface area contributed by atoms with Gasteiger partial charge in [-0.1, -0.05) is 23.8 Å². The Morgan fingerprint density at radius 1 is 1.33 bits per heavy atom. The maximum Gasteiger partial charge on any atom is 0.228 e. The first-order valence-electron chi connectivity index (χ1n) is 7.47. The molecule has 0 bridgehead atoms. The molecule has 2 atom stereocenters. The van der Waals surface area contributed by atoms with Gasteiger partial charge in [0, 0.05) is 6.07 Å². The molecule has 1 aliphatic rings. The molecule has 0 fully saturated rings. The zero-order valence-corrected chi connectivity index (χ0v) is 13.3. The quantitative estimate of drug-likeness (QED) is 0.882. The second-order valence-corrected chi connectivity index (χ2v) is 5.84. The summed E-state index contributed by atoms with van der Waals surface area (Å²) >= 11 is 0. The van der Waals surface area contributed by atoms with Crippen LogP contribution in [0.2, 0.25) is 0 Å². The summed E-state index contributed by atoms with van der Waals surface area (Å²) in [4.78, 5) is 12.2. The number of hydrogen-bond donors (Lipinski definition) is 2. The van der Waals surface area contributed by atoms with Crippen molar-refractivity contribution >= 4 is 5.90 Å². The van der Waals surface area contributed by atoms with Crippen LogP contribution in [0.4, 0.5) is 0 Å². The number of aliphatic hydroxyl groups is 1. The number of nitrogens with one attached hydrogen (secondary N) is 1. The normalized spacial score (nSPS) is 19.3. The Kier molecular flexibility index (Phi) is 3.96. The number of hydrogen-bond acceptors (Lipinski definition) is 6. The van der Waals surface area contributed by atoms with Gasteiger partial charge in [0.25, 0.3) is 0 Å². The third-order valence-corrected chi connectivity index (χ3v) is 4.16. The lowest BCUT2D eigenvalue weighted by Gasteiger charge is -2.29. The Morgan fingerprint density at radius 2 is 2.08 bits per heavy atom. The van der Waals surface area contributed by atoms with Gasteiger partial charge in [-0.25, -0.2) is 0 Å². The van der Waals surface area contributed by atoms with Crippen molar-refractivity contribution in [3.8, 4) is 11.8 Å². The Balaban J connectivity index is 2.32. The molecule has 0 saturated carbocycles. The minimum Gasteiger partial charge on any atom is -0.459 e. The van der Waals surface area contributed by atoms with E-state index < -0.39 is 23.9 Å². The van der Waals surface area contributed by atoms with Gasteiger partial charge in [0.05, 0.1) is 12.0 Å².